The van der Waals surface area contributed by atoms with Gasteiger partial charge in [-0.25, -0.2) is 0 Å². The maximum absolute atomic E-state index is 5.46. The van der Waals surface area contributed by atoms with Crippen LogP contribution in [0.25, 0.3) is 0 Å². The molecule has 1 atom stereocenters. The van der Waals surface area contributed by atoms with Crippen LogP contribution >= 0.6 is 0 Å². The molecule has 60 valence electrons. The maximum Gasteiger partial charge on any atom is 0.104 e. The Morgan fingerprint density at radius 1 is 1.50 bits per heavy atom. The highest BCUT2D eigenvalue weighted by Gasteiger charge is 2.23. The van der Waals surface area contributed by atoms with Gasteiger partial charge in [0.2, 0.25) is 0 Å². The summed E-state index contributed by atoms with van der Waals surface area (Å²) in [7, 11) is -0.974. The first-order valence-corrected chi connectivity index (χ1v) is 7.48. The Bertz CT molecular complexity index is 105. The fourth-order valence-electron chi connectivity index (χ4n) is 0.661. The van der Waals surface area contributed by atoms with Gasteiger partial charge in [-0.1, -0.05) is 19.6 Å². The van der Waals surface area contributed by atoms with E-state index in [1.54, 1.807) is 0 Å². The summed E-state index contributed by atoms with van der Waals surface area (Å²) in [4.78, 5) is 0. The van der Waals surface area contributed by atoms with E-state index in [-0.39, 0.29) is 0 Å². The molecule has 0 amide bonds. The lowest BCUT2D eigenvalue weighted by molar-refractivity contribution is 0.150. The SMILES string of the molecule is C[Si](C)(C)COCC1CO1. The zero-order valence-corrected chi connectivity index (χ0v) is 8.02. The summed E-state index contributed by atoms with van der Waals surface area (Å²) in [5.74, 6) is 0. The highest BCUT2D eigenvalue weighted by Crippen LogP contribution is 2.09. The van der Waals surface area contributed by atoms with E-state index < -0.39 is 8.07 Å². The van der Waals surface area contributed by atoms with Crippen LogP contribution in [0.5, 0.6) is 0 Å². The fourth-order valence-corrected chi connectivity index (χ4v) is 1.39. The van der Waals surface area contributed by atoms with Gasteiger partial charge in [-0.3, -0.25) is 0 Å². The molecule has 1 heterocycles. The first-order valence-electron chi connectivity index (χ1n) is 3.77. The molecule has 2 nitrogen and oxygen atoms in total. The monoisotopic (exact) mass is 160 g/mol. The van der Waals surface area contributed by atoms with Crippen LogP contribution in [-0.2, 0) is 9.47 Å². The molecule has 0 aromatic heterocycles. The van der Waals surface area contributed by atoms with Crippen LogP contribution in [0.3, 0.4) is 0 Å². The summed E-state index contributed by atoms with van der Waals surface area (Å²) < 4.78 is 10.5. The van der Waals surface area contributed by atoms with Gasteiger partial charge in [0.25, 0.3) is 0 Å². The summed E-state index contributed by atoms with van der Waals surface area (Å²) in [5.41, 5.74) is 0. The van der Waals surface area contributed by atoms with Crippen molar-refractivity contribution in [1.29, 1.82) is 0 Å². The van der Waals surface area contributed by atoms with Crippen molar-refractivity contribution in [1.82, 2.24) is 0 Å². The molecule has 1 rings (SSSR count). The van der Waals surface area contributed by atoms with Crippen LogP contribution in [0.2, 0.25) is 19.6 Å². The van der Waals surface area contributed by atoms with Crippen molar-refractivity contribution in [3.05, 3.63) is 0 Å². The summed E-state index contributed by atoms with van der Waals surface area (Å²) in [5, 5.41) is 0. The number of hydrogen-bond acceptors (Lipinski definition) is 2. The molecule has 0 aromatic rings. The second-order valence-electron chi connectivity index (χ2n) is 4.03. The van der Waals surface area contributed by atoms with E-state index in [1.165, 1.54) is 0 Å². The fraction of sp³-hybridized carbons (Fsp3) is 1.00. The van der Waals surface area contributed by atoms with Gasteiger partial charge < -0.3 is 9.47 Å². The molecule has 0 aromatic carbocycles. The van der Waals surface area contributed by atoms with Gasteiger partial charge in [0.1, 0.15) is 6.10 Å². The van der Waals surface area contributed by atoms with Gasteiger partial charge in [-0.15, -0.1) is 0 Å². The molecule has 0 N–H and O–H groups in total. The molecule has 1 saturated heterocycles. The Kier molecular flexibility index (Phi) is 2.49. The molecule has 1 aliphatic heterocycles. The molecule has 0 bridgehead atoms. The summed E-state index contributed by atoms with van der Waals surface area (Å²) >= 11 is 0. The van der Waals surface area contributed by atoms with Gasteiger partial charge in [0.15, 0.2) is 0 Å². The van der Waals surface area contributed by atoms with Crippen molar-refractivity contribution < 1.29 is 9.47 Å². The first kappa shape index (κ1) is 8.24. The van der Waals surface area contributed by atoms with Crippen molar-refractivity contribution in [2.45, 2.75) is 25.7 Å². The third kappa shape index (κ3) is 4.03. The van der Waals surface area contributed by atoms with Crippen LogP contribution in [0.15, 0.2) is 0 Å². The minimum absolute atomic E-state index is 0.427. The van der Waals surface area contributed by atoms with Crippen molar-refractivity contribution >= 4 is 8.07 Å². The third-order valence-corrected chi connectivity index (χ3v) is 2.31. The molecule has 1 unspecified atom stereocenters. The van der Waals surface area contributed by atoms with Gasteiger partial charge in [-0.2, -0.15) is 0 Å². The highest BCUT2D eigenvalue weighted by atomic mass is 28.3. The lowest BCUT2D eigenvalue weighted by Crippen LogP contribution is -2.29. The number of rotatable bonds is 4. The highest BCUT2D eigenvalue weighted by molar-refractivity contribution is 6.76. The average Bonchev–Trinajstić information content (AvgIpc) is 2.45. The Labute approximate surface area is 63.5 Å². The van der Waals surface area contributed by atoms with Crippen LogP contribution in [0.4, 0.5) is 0 Å². The quantitative estimate of drug-likeness (QED) is 0.456. The largest absolute Gasteiger partial charge is 0.382 e. The van der Waals surface area contributed by atoms with E-state index in [0.29, 0.717) is 6.10 Å². The van der Waals surface area contributed by atoms with Crippen molar-refractivity contribution in [3.8, 4) is 0 Å². The summed E-state index contributed by atoms with van der Waals surface area (Å²) in [6.45, 7) is 8.64. The molecular weight excluding hydrogens is 144 g/mol. The molecule has 0 radical (unpaired) electrons. The topological polar surface area (TPSA) is 21.8 Å². The first-order chi connectivity index (χ1) is 4.58. The van der Waals surface area contributed by atoms with Gasteiger partial charge in [0.05, 0.1) is 21.3 Å². The summed E-state index contributed by atoms with van der Waals surface area (Å²) in [6.07, 6.45) is 1.39. The second kappa shape index (κ2) is 3.03. The average molecular weight is 160 g/mol. The zero-order chi connectivity index (χ0) is 7.61. The van der Waals surface area contributed by atoms with E-state index in [4.69, 9.17) is 9.47 Å². The molecule has 3 heteroatoms. The minimum Gasteiger partial charge on any atom is -0.382 e. The predicted molar refractivity (Wildman–Crippen MR) is 43.9 cm³/mol. The van der Waals surface area contributed by atoms with E-state index in [2.05, 4.69) is 19.6 Å². The molecule has 10 heavy (non-hydrogen) atoms. The third-order valence-electron chi connectivity index (χ3n) is 1.24. The maximum atomic E-state index is 5.46. The van der Waals surface area contributed by atoms with E-state index in [1.807, 2.05) is 0 Å². The van der Waals surface area contributed by atoms with Crippen LogP contribution < -0.4 is 0 Å². The van der Waals surface area contributed by atoms with Gasteiger partial charge in [-0.05, 0) is 0 Å². The molecule has 0 saturated carbocycles. The van der Waals surface area contributed by atoms with Crippen LogP contribution in [-0.4, -0.2) is 33.6 Å². The number of epoxide rings is 1. The van der Waals surface area contributed by atoms with E-state index in [9.17, 15) is 0 Å². The van der Waals surface area contributed by atoms with E-state index in [0.717, 1.165) is 19.4 Å². The Balaban J connectivity index is 1.93. The molecular formula is C7H16O2Si. The lowest BCUT2D eigenvalue weighted by atomic mass is 10.5. The van der Waals surface area contributed by atoms with Gasteiger partial charge >= 0.3 is 0 Å². The smallest absolute Gasteiger partial charge is 0.104 e. The van der Waals surface area contributed by atoms with Crippen LogP contribution in [0, 0.1) is 0 Å². The van der Waals surface area contributed by atoms with Gasteiger partial charge in [0, 0.05) is 6.23 Å². The predicted octanol–water partition coefficient (Wildman–Crippen LogP) is 1.28. The second-order valence-corrected chi connectivity index (χ2v) is 9.44. The summed E-state index contributed by atoms with van der Waals surface area (Å²) in [6, 6.07) is 0. The molecule has 1 aliphatic rings. The molecule has 0 aliphatic carbocycles. The van der Waals surface area contributed by atoms with Crippen molar-refractivity contribution in [2.24, 2.45) is 0 Å². The van der Waals surface area contributed by atoms with E-state index >= 15 is 0 Å². The van der Waals surface area contributed by atoms with Crippen molar-refractivity contribution in [3.63, 3.8) is 0 Å². The van der Waals surface area contributed by atoms with Crippen LogP contribution in [0.1, 0.15) is 0 Å². The number of hydrogen-bond donors (Lipinski definition) is 0. The molecule has 0 spiro atoms. The minimum atomic E-state index is -0.974. The normalized spacial score (nSPS) is 24.9. The lowest BCUT2D eigenvalue weighted by Gasteiger charge is -2.14. The molecule has 1 fully saturated rings. The Morgan fingerprint density at radius 2 is 2.10 bits per heavy atom. The zero-order valence-electron chi connectivity index (χ0n) is 7.02. The standard InChI is InChI=1S/C7H16O2Si/c1-10(2,3)6-8-4-7-5-9-7/h7H,4-6H2,1-3H3. The Morgan fingerprint density at radius 3 is 2.50 bits per heavy atom. The number of ether oxygens (including phenoxy) is 2. The van der Waals surface area contributed by atoms with Crippen molar-refractivity contribution in [2.75, 3.05) is 19.4 Å². The Hall–Kier alpha value is 0.137.